The molecule has 5 rings (SSSR count). The lowest BCUT2D eigenvalue weighted by Gasteiger charge is -2.33. The lowest BCUT2D eigenvalue weighted by molar-refractivity contribution is 0.218. The number of nitrogens with zero attached hydrogens (tertiary/aromatic N) is 1. The van der Waals surface area contributed by atoms with E-state index in [0.717, 1.165) is 35.0 Å². The predicted octanol–water partition coefficient (Wildman–Crippen LogP) is 7.06. The van der Waals surface area contributed by atoms with Gasteiger partial charge < -0.3 is 23.9 Å². The van der Waals surface area contributed by atoms with Crippen LogP contribution in [0.4, 0.5) is 0 Å². The van der Waals surface area contributed by atoms with Gasteiger partial charge in [0, 0.05) is 16.9 Å². The molecular formula is C32H38N2O5S. The molecule has 2 aromatic carbocycles. The van der Waals surface area contributed by atoms with Crippen molar-refractivity contribution in [2.45, 2.75) is 53.4 Å². The number of fused-ring (bicyclic) bond motifs is 3. The second kappa shape index (κ2) is 11.9. The molecule has 1 aliphatic rings. The van der Waals surface area contributed by atoms with Crippen molar-refractivity contribution in [1.29, 1.82) is 0 Å². The van der Waals surface area contributed by atoms with Crippen molar-refractivity contribution in [1.82, 2.24) is 9.97 Å². The zero-order chi connectivity index (χ0) is 28.3. The minimum Gasteiger partial charge on any atom is -0.493 e. The average molecular weight is 563 g/mol. The minimum atomic E-state index is -0.0694. The Morgan fingerprint density at radius 2 is 1.73 bits per heavy atom. The summed E-state index contributed by atoms with van der Waals surface area (Å²) in [6.07, 6.45) is 3.75. The lowest BCUT2D eigenvalue weighted by Crippen LogP contribution is -2.26. The number of H-pyrrole nitrogens is 1. The number of nitrogens with one attached hydrogen (secondary N) is 1. The van der Waals surface area contributed by atoms with Crippen molar-refractivity contribution >= 4 is 21.6 Å². The summed E-state index contributed by atoms with van der Waals surface area (Å²) in [4.78, 5) is 23.3. The van der Waals surface area contributed by atoms with Gasteiger partial charge in [-0.3, -0.25) is 4.79 Å². The summed E-state index contributed by atoms with van der Waals surface area (Å²) in [6.45, 7) is 10.3. The third-order valence-corrected chi connectivity index (χ3v) is 8.68. The van der Waals surface area contributed by atoms with Crippen LogP contribution < -0.4 is 24.5 Å². The molecule has 0 spiro atoms. The van der Waals surface area contributed by atoms with Crippen molar-refractivity contribution in [3.63, 3.8) is 0 Å². The van der Waals surface area contributed by atoms with Gasteiger partial charge in [-0.15, -0.1) is 11.3 Å². The molecule has 1 atom stereocenters. The molecule has 0 amide bonds. The molecule has 40 heavy (non-hydrogen) atoms. The second-order valence-corrected chi connectivity index (χ2v) is 12.3. The standard InChI is InChI=1S/C32H38N2O5S/c1-6-37-26-18-20(12-15-25(26)39-17-9-16-38-24-11-8-7-10-23(24)36-5)29-33-30(35)28-22-14-13-21(32(2,3)4)19-27(22)40-31(28)34-29/h7-8,10-12,15,18,21H,6,9,13-14,16-17,19H2,1-5H3,(H,33,34,35). The van der Waals surface area contributed by atoms with E-state index in [0.29, 0.717) is 61.0 Å². The van der Waals surface area contributed by atoms with Crippen LogP contribution in [0.2, 0.25) is 0 Å². The molecule has 8 heteroatoms. The van der Waals surface area contributed by atoms with Gasteiger partial charge in [0.05, 0.1) is 32.3 Å². The molecule has 2 aromatic heterocycles. The van der Waals surface area contributed by atoms with E-state index >= 15 is 0 Å². The maximum atomic E-state index is 13.2. The highest BCUT2D eigenvalue weighted by molar-refractivity contribution is 7.18. The molecule has 0 aliphatic heterocycles. The largest absolute Gasteiger partial charge is 0.493 e. The summed E-state index contributed by atoms with van der Waals surface area (Å²) >= 11 is 1.67. The lowest BCUT2D eigenvalue weighted by atomic mass is 9.72. The van der Waals surface area contributed by atoms with Crippen LogP contribution in [0.3, 0.4) is 0 Å². The first-order chi connectivity index (χ1) is 19.3. The monoisotopic (exact) mass is 562 g/mol. The molecular weight excluding hydrogens is 524 g/mol. The van der Waals surface area contributed by atoms with Crippen LogP contribution in [0.25, 0.3) is 21.6 Å². The van der Waals surface area contributed by atoms with Crippen LogP contribution in [-0.4, -0.2) is 36.9 Å². The first kappa shape index (κ1) is 28.0. The molecule has 1 aliphatic carbocycles. The third kappa shape index (κ3) is 5.97. The summed E-state index contributed by atoms with van der Waals surface area (Å²) in [5.74, 6) is 3.84. The Bertz CT molecular complexity index is 1530. The maximum Gasteiger partial charge on any atom is 0.260 e. The molecule has 2 heterocycles. The van der Waals surface area contributed by atoms with Crippen molar-refractivity contribution in [3.05, 3.63) is 63.3 Å². The number of aryl methyl sites for hydroxylation is 1. The summed E-state index contributed by atoms with van der Waals surface area (Å²) in [6, 6.07) is 13.3. The number of hydrogen-bond donors (Lipinski definition) is 1. The molecule has 0 fully saturated rings. The fourth-order valence-corrected chi connectivity index (χ4v) is 6.56. The highest BCUT2D eigenvalue weighted by Crippen LogP contribution is 2.42. The Labute approximate surface area is 239 Å². The minimum absolute atomic E-state index is 0.0694. The fourth-order valence-electron chi connectivity index (χ4n) is 5.26. The van der Waals surface area contributed by atoms with Gasteiger partial charge in [0.15, 0.2) is 23.0 Å². The van der Waals surface area contributed by atoms with Crippen LogP contribution in [0.15, 0.2) is 47.3 Å². The molecule has 1 unspecified atom stereocenters. The zero-order valence-corrected chi connectivity index (χ0v) is 24.8. The van der Waals surface area contributed by atoms with Crippen molar-refractivity contribution in [3.8, 4) is 34.4 Å². The van der Waals surface area contributed by atoms with E-state index in [1.165, 1.54) is 10.4 Å². The Morgan fingerprint density at radius 3 is 2.42 bits per heavy atom. The van der Waals surface area contributed by atoms with E-state index in [-0.39, 0.29) is 11.0 Å². The zero-order valence-electron chi connectivity index (χ0n) is 24.0. The Morgan fingerprint density at radius 1 is 1.00 bits per heavy atom. The SMILES string of the molecule is CCOc1cc(-c2nc3sc4c(c3c(=O)[nH]2)CCC(C(C)(C)C)C4)ccc1OCCCOc1ccccc1OC. The summed E-state index contributed by atoms with van der Waals surface area (Å²) in [7, 11) is 1.63. The number of aromatic amines is 1. The number of ether oxygens (including phenoxy) is 4. The Balaban J connectivity index is 1.30. The van der Waals surface area contributed by atoms with Crippen LogP contribution in [0, 0.1) is 11.3 Å². The maximum absolute atomic E-state index is 13.2. The molecule has 0 saturated carbocycles. The van der Waals surface area contributed by atoms with E-state index in [4.69, 9.17) is 23.9 Å². The van der Waals surface area contributed by atoms with Crippen LogP contribution in [-0.2, 0) is 12.8 Å². The highest BCUT2D eigenvalue weighted by Gasteiger charge is 2.31. The van der Waals surface area contributed by atoms with Gasteiger partial charge in [0.2, 0.25) is 0 Å². The smallest absolute Gasteiger partial charge is 0.260 e. The Kier molecular flexibility index (Phi) is 8.35. The molecule has 0 bridgehead atoms. The number of aromatic nitrogens is 2. The molecule has 7 nitrogen and oxygen atoms in total. The second-order valence-electron chi connectivity index (χ2n) is 11.2. The van der Waals surface area contributed by atoms with Gasteiger partial charge in [-0.2, -0.15) is 0 Å². The molecule has 4 aromatic rings. The number of benzene rings is 2. The van der Waals surface area contributed by atoms with Crippen LogP contribution >= 0.6 is 11.3 Å². The van der Waals surface area contributed by atoms with E-state index in [1.807, 2.05) is 49.4 Å². The molecule has 0 radical (unpaired) electrons. The van der Waals surface area contributed by atoms with Gasteiger partial charge in [-0.05, 0) is 73.4 Å². The topological polar surface area (TPSA) is 82.7 Å². The number of hydrogen-bond acceptors (Lipinski definition) is 7. The average Bonchev–Trinajstić information content (AvgIpc) is 3.32. The van der Waals surface area contributed by atoms with E-state index in [2.05, 4.69) is 25.8 Å². The van der Waals surface area contributed by atoms with Crippen molar-refractivity contribution in [2.75, 3.05) is 26.9 Å². The number of thiophene rings is 1. The van der Waals surface area contributed by atoms with Gasteiger partial charge in [-0.25, -0.2) is 4.98 Å². The number of methoxy groups -OCH3 is 1. The molecule has 0 saturated heterocycles. The number of para-hydroxylation sites is 2. The first-order valence-corrected chi connectivity index (χ1v) is 14.8. The number of rotatable bonds is 10. The van der Waals surface area contributed by atoms with E-state index < -0.39 is 0 Å². The van der Waals surface area contributed by atoms with Crippen LogP contribution in [0.5, 0.6) is 23.0 Å². The predicted molar refractivity (Wildman–Crippen MR) is 160 cm³/mol. The van der Waals surface area contributed by atoms with Crippen molar-refractivity contribution < 1.29 is 18.9 Å². The van der Waals surface area contributed by atoms with Gasteiger partial charge >= 0.3 is 0 Å². The molecule has 1 N–H and O–H groups in total. The Hall–Kier alpha value is -3.52. The quantitative estimate of drug-likeness (QED) is 0.208. The van der Waals surface area contributed by atoms with Gasteiger partial charge in [0.1, 0.15) is 10.7 Å². The normalized spacial score (nSPS) is 15.1. The van der Waals surface area contributed by atoms with Gasteiger partial charge in [-0.1, -0.05) is 32.9 Å². The van der Waals surface area contributed by atoms with Crippen molar-refractivity contribution in [2.24, 2.45) is 11.3 Å². The van der Waals surface area contributed by atoms with E-state index in [9.17, 15) is 4.79 Å². The van der Waals surface area contributed by atoms with E-state index in [1.54, 1.807) is 18.4 Å². The summed E-state index contributed by atoms with van der Waals surface area (Å²) in [5, 5.41) is 0.761. The van der Waals surface area contributed by atoms with Gasteiger partial charge in [0.25, 0.3) is 5.56 Å². The highest BCUT2D eigenvalue weighted by atomic mass is 32.1. The summed E-state index contributed by atoms with van der Waals surface area (Å²) < 4.78 is 23.1. The molecule has 212 valence electrons. The van der Waals surface area contributed by atoms with Crippen LogP contribution in [0.1, 0.15) is 51.0 Å². The first-order valence-electron chi connectivity index (χ1n) is 14.0. The third-order valence-electron chi connectivity index (χ3n) is 7.53. The summed E-state index contributed by atoms with van der Waals surface area (Å²) in [5.41, 5.74) is 2.16. The fraction of sp³-hybridized carbons (Fsp3) is 0.438.